The molecular weight excluding hydrogens is 519 g/mol. The molecule has 3 aromatic rings. The molecule has 0 aliphatic rings. The molecule has 0 N–H and O–H groups in total. The monoisotopic (exact) mass is 555 g/mol. The van der Waals surface area contributed by atoms with Gasteiger partial charge >= 0.3 is 205 Å². The van der Waals surface area contributed by atoms with Crippen molar-refractivity contribution in [2.45, 2.75) is 19.6 Å². The molecule has 170 valence electrons. The van der Waals surface area contributed by atoms with Gasteiger partial charge in [0.1, 0.15) is 0 Å². The first-order chi connectivity index (χ1) is 15.2. The molecule has 3 nitrogen and oxygen atoms in total. The van der Waals surface area contributed by atoms with Gasteiger partial charge in [-0.3, -0.25) is 0 Å². The average molecular weight is 555 g/mol. The molecule has 0 aliphatic heterocycles. The molecule has 3 rings (SSSR count). The van der Waals surface area contributed by atoms with Crippen LogP contribution in [0.4, 0.5) is 0 Å². The van der Waals surface area contributed by atoms with Crippen LogP contribution in [0.2, 0.25) is 0 Å². The Balaban J connectivity index is 2.36. The second-order valence-corrected chi connectivity index (χ2v) is 21.7. The Hall–Kier alpha value is -1.44. The number of nitrogens with zero attached hydrogens (tertiary/aromatic N) is 3. The summed E-state index contributed by atoms with van der Waals surface area (Å²) in [6.07, 6.45) is 0. The molecule has 5 heteroatoms. The molecule has 0 fully saturated rings. The minimum absolute atomic E-state index is 0.931. The summed E-state index contributed by atoms with van der Waals surface area (Å²) in [5, 5.41) is 0. The Kier molecular flexibility index (Phi) is 8.76. The van der Waals surface area contributed by atoms with Gasteiger partial charge in [-0.05, 0) is 0 Å². The molecule has 0 aliphatic carbocycles. The van der Waals surface area contributed by atoms with Crippen molar-refractivity contribution in [2.75, 3.05) is 42.3 Å². The molecule has 0 heterocycles. The molecule has 0 unspecified atom stereocenters. The fourth-order valence-electron chi connectivity index (χ4n) is 4.44. The van der Waals surface area contributed by atoms with Crippen LogP contribution in [0.25, 0.3) is 0 Å². The third-order valence-electron chi connectivity index (χ3n) is 5.63. The van der Waals surface area contributed by atoms with Gasteiger partial charge in [0.25, 0.3) is 0 Å². The van der Waals surface area contributed by atoms with E-state index in [0.717, 1.165) is 19.6 Å². The van der Waals surface area contributed by atoms with Crippen LogP contribution in [0.3, 0.4) is 0 Å². The minimum atomic E-state index is -3.19. The summed E-state index contributed by atoms with van der Waals surface area (Å²) in [7, 11) is 12.9. The van der Waals surface area contributed by atoms with Gasteiger partial charge in [-0.15, -0.1) is 0 Å². The first-order valence-corrected chi connectivity index (χ1v) is 19.2. The maximum absolute atomic E-state index is 4.56. The van der Waals surface area contributed by atoms with E-state index in [9.17, 15) is 0 Å². The number of halogens is 1. The van der Waals surface area contributed by atoms with Crippen molar-refractivity contribution in [1.29, 1.82) is 0 Å². The van der Waals surface area contributed by atoms with Crippen LogP contribution < -0.4 is 13.2 Å². The second kappa shape index (κ2) is 11.1. The zero-order valence-electron chi connectivity index (χ0n) is 20.3. The molecule has 0 saturated carbocycles. The zero-order valence-corrected chi connectivity index (χ0v) is 24.0. The second-order valence-electron chi connectivity index (χ2n) is 9.34. The van der Waals surface area contributed by atoms with Crippen LogP contribution in [-0.2, 0) is 19.6 Å². The van der Waals surface area contributed by atoms with Gasteiger partial charge in [-0.1, -0.05) is 0 Å². The molecule has 0 bridgehead atoms. The van der Waals surface area contributed by atoms with Gasteiger partial charge < -0.3 is 0 Å². The van der Waals surface area contributed by atoms with Gasteiger partial charge in [0, 0.05) is 0 Å². The molecular formula is C27H36BrGeN3. The Morgan fingerprint density at radius 3 is 1.00 bits per heavy atom. The van der Waals surface area contributed by atoms with Crippen molar-refractivity contribution in [3.05, 3.63) is 89.5 Å². The molecule has 0 saturated heterocycles. The summed E-state index contributed by atoms with van der Waals surface area (Å²) < 4.78 is 4.45. The SMILES string of the molecule is CN(C)Cc1cccc[c]1[Ge]([Br])([c]1ccccc1CN(C)C)[c]1ccccc1CN(C)C. The number of rotatable bonds is 9. The van der Waals surface area contributed by atoms with E-state index in [1.807, 2.05) is 0 Å². The molecule has 32 heavy (non-hydrogen) atoms. The van der Waals surface area contributed by atoms with E-state index in [4.69, 9.17) is 0 Å². The number of benzene rings is 3. The van der Waals surface area contributed by atoms with Crippen molar-refractivity contribution >= 4 is 38.6 Å². The number of hydrogen-bond donors (Lipinski definition) is 0. The topological polar surface area (TPSA) is 9.72 Å². The first kappa shape index (κ1) is 25.2. The van der Waals surface area contributed by atoms with Crippen LogP contribution in [0.15, 0.2) is 72.8 Å². The van der Waals surface area contributed by atoms with E-state index in [0.29, 0.717) is 0 Å². The van der Waals surface area contributed by atoms with Gasteiger partial charge in [0.15, 0.2) is 0 Å². The Morgan fingerprint density at radius 1 is 0.500 bits per heavy atom. The standard InChI is InChI=1S/C27H36BrGeN3/c1-30(2)19-22-13-7-10-16-25(22)29(28,26-17-11-8-14-23(26)20-31(3)4)27-18-12-9-15-24(27)21-32(5)6/h7-18H,19-21H2,1-6H3. The zero-order chi connectivity index (χ0) is 23.3. The molecule has 0 aromatic heterocycles. The maximum atomic E-state index is 4.56. The fourth-order valence-corrected chi connectivity index (χ4v) is 18.2. The van der Waals surface area contributed by atoms with Crippen molar-refractivity contribution in [3.8, 4) is 0 Å². The molecule has 0 spiro atoms. The van der Waals surface area contributed by atoms with Crippen LogP contribution in [0, 0.1) is 0 Å². The fraction of sp³-hybridized carbons (Fsp3) is 0.333. The van der Waals surface area contributed by atoms with E-state index in [1.165, 1.54) is 29.9 Å². The van der Waals surface area contributed by atoms with Crippen molar-refractivity contribution in [3.63, 3.8) is 0 Å². The summed E-state index contributed by atoms with van der Waals surface area (Å²) >= 11 is 1.38. The van der Waals surface area contributed by atoms with Crippen molar-refractivity contribution in [1.82, 2.24) is 14.7 Å². The third-order valence-corrected chi connectivity index (χ3v) is 20.0. The normalized spacial score (nSPS) is 12.2. The van der Waals surface area contributed by atoms with Gasteiger partial charge in [0.2, 0.25) is 0 Å². The molecule has 0 radical (unpaired) electrons. The van der Waals surface area contributed by atoms with E-state index >= 15 is 0 Å². The van der Waals surface area contributed by atoms with Crippen LogP contribution in [-0.4, -0.2) is 68.4 Å². The predicted molar refractivity (Wildman–Crippen MR) is 145 cm³/mol. The predicted octanol–water partition coefficient (Wildman–Crippen LogP) is 3.23. The van der Waals surface area contributed by atoms with Gasteiger partial charge in [-0.2, -0.15) is 0 Å². The molecule has 0 amide bonds. The summed E-state index contributed by atoms with van der Waals surface area (Å²) in [5.41, 5.74) is 4.23. The van der Waals surface area contributed by atoms with Crippen LogP contribution in [0.5, 0.6) is 0 Å². The van der Waals surface area contributed by atoms with Crippen LogP contribution in [0.1, 0.15) is 16.7 Å². The average Bonchev–Trinajstić information content (AvgIpc) is 2.73. The van der Waals surface area contributed by atoms with E-state index in [2.05, 4.69) is 144 Å². The molecule has 3 aromatic carbocycles. The Morgan fingerprint density at radius 2 is 0.750 bits per heavy atom. The van der Waals surface area contributed by atoms with E-state index in [-0.39, 0.29) is 0 Å². The van der Waals surface area contributed by atoms with Crippen molar-refractivity contribution < 1.29 is 0 Å². The summed E-state index contributed by atoms with van der Waals surface area (Å²) in [4.78, 5) is 6.81. The van der Waals surface area contributed by atoms with Gasteiger partial charge in [0.05, 0.1) is 0 Å². The number of hydrogen-bond acceptors (Lipinski definition) is 3. The first-order valence-electron chi connectivity index (χ1n) is 11.1. The summed E-state index contributed by atoms with van der Waals surface area (Å²) in [5.74, 6) is 0. The van der Waals surface area contributed by atoms with E-state index < -0.39 is 11.4 Å². The van der Waals surface area contributed by atoms with Crippen LogP contribution >= 0.6 is 14.0 Å². The molecule has 0 atom stereocenters. The Bertz CT molecular complexity index is 903. The van der Waals surface area contributed by atoms with Gasteiger partial charge in [-0.25, -0.2) is 0 Å². The third kappa shape index (κ3) is 5.73. The summed E-state index contributed by atoms with van der Waals surface area (Å²) in [6.45, 7) is 2.79. The van der Waals surface area contributed by atoms with E-state index in [1.54, 1.807) is 0 Å². The quantitative estimate of drug-likeness (QED) is 0.376. The summed E-state index contributed by atoms with van der Waals surface area (Å²) in [6, 6.07) is 27.2. The Labute approximate surface area is 204 Å². The van der Waals surface area contributed by atoms with Crippen molar-refractivity contribution in [2.24, 2.45) is 0 Å².